The van der Waals surface area contributed by atoms with E-state index in [9.17, 15) is 0 Å². The highest BCUT2D eigenvalue weighted by Gasteiger charge is 2.23. The third-order valence-electron chi connectivity index (χ3n) is 5.49. The van der Waals surface area contributed by atoms with E-state index in [1.807, 2.05) is 0 Å². The summed E-state index contributed by atoms with van der Waals surface area (Å²) in [5.41, 5.74) is 6.99. The molecule has 5 rings (SSSR count). The van der Waals surface area contributed by atoms with Gasteiger partial charge in [-0.2, -0.15) is 0 Å². The van der Waals surface area contributed by atoms with E-state index in [4.69, 9.17) is 0 Å². The zero-order chi connectivity index (χ0) is 17.0. The van der Waals surface area contributed by atoms with Crippen LogP contribution in [0.15, 0.2) is 66.7 Å². The van der Waals surface area contributed by atoms with Crippen LogP contribution in [-0.2, 0) is 0 Å². The third kappa shape index (κ3) is 2.07. The molecule has 1 unspecified atom stereocenters. The Labute approximate surface area is 147 Å². The molecule has 0 saturated heterocycles. The number of benzene rings is 3. The fourth-order valence-corrected chi connectivity index (χ4v) is 4.32. The van der Waals surface area contributed by atoms with Crippen LogP contribution in [0.4, 0.5) is 0 Å². The van der Waals surface area contributed by atoms with Crippen molar-refractivity contribution in [2.45, 2.75) is 19.8 Å². The lowest BCUT2D eigenvalue weighted by atomic mass is 9.86. The van der Waals surface area contributed by atoms with Gasteiger partial charge in [0.25, 0.3) is 0 Å². The maximum atomic E-state index is 2.38. The minimum absolute atomic E-state index is 0.335. The molecule has 3 aromatic rings. The van der Waals surface area contributed by atoms with Crippen molar-refractivity contribution < 1.29 is 0 Å². The summed E-state index contributed by atoms with van der Waals surface area (Å²) in [5, 5.41) is 5.44. The van der Waals surface area contributed by atoms with E-state index >= 15 is 0 Å². The molecule has 1 atom stereocenters. The topological polar surface area (TPSA) is 0 Å². The average molecular weight is 320 g/mol. The van der Waals surface area contributed by atoms with E-state index in [2.05, 4.69) is 92.7 Å². The Kier molecular flexibility index (Phi) is 3.08. The standard InChI is InChI=1S/C25H20/c1-16(2)19-13-14-22-21-10-6-4-8-18(21)15-24(22)25(19)23-12-11-17-7-3-5-9-20(17)23/h3-15,23H,1-2H3. The number of fused-ring (bicyclic) bond motifs is 3. The largest absolute Gasteiger partial charge is 0.0720 e. The summed E-state index contributed by atoms with van der Waals surface area (Å²) < 4.78 is 0. The second-order valence-electron chi connectivity index (χ2n) is 7.19. The van der Waals surface area contributed by atoms with Crippen molar-refractivity contribution in [2.75, 3.05) is 0 Å². The first kappa shape index (κ1) is 14.5. The van der Waals surface area contributed by atoms with Crippen LogP contribution in [0.3, 0.4) is 0 Å². The summed E-state index contributed by atoms with van der Waals surface area (Å²) in [6.07, 6.45) is 7.01. The van der Waals surface area contributed by atoms with Gasteiger partial charge in [0.15, 0.2) is 0 Å². The van der Waals surface area contributed by atoms with Crippen molar-refractivity contribution in [1.29, 1.82) is 0 Å². The molecule has 0 heterocycles. The lowest BCUT2D eigenvalue weighted by Gasteiger charge is -2.16. The molecule has 0 bridgehead atoms. The molecule has 0 nitrogen and oxygen atoms in total. The quantitative estimate of drug-likeness (QED) is 0.485. The van der Waals surface area contributed by atoms with Gasteiger partial charge in [-0.15, -0.1) is 0 Å². The monoisotopic (exact) mass is 320 g/mol. The molecule has 0 heteroatoms. The normalized spacial score (nSPS) is 16.2. The van der Waals surface area contributed by atoms with Gasteiger partial charge in [-0.1, -0.05) is 78.4 Å². The third-order valence-corrected chi connectivity index (χ3v) is 5.49. The maximum Gasteiger partial charge on any atom is 0.0290 e. The van der Waals surface area contributed by atoms with Crippen LogP contribution in [0.2, 0.25) is 0 Å². The van der Waals surface area contributed by atoms with Crippen molar-refractivity contribution in [2.24, 2.45) is 0 Å². The Morgan fingerprint density at radius 3 is 2.48 bits per heavy atom. The molecule has 0 fully saturated rings. The summed E-state index contributed by atoms with van der Waals surface area (Å²) in [7, 11) is 0. The van der Waals surface area contributed by atoms with Crippen LogP contribution < -0.4 is 10.4 Å². The molecule has 120 valence electrons. The predicted molar refractivity (Wildman–Crippen MR) is 105 cm³/mol. The van der Waals surface area contributed by atoms with Gasteiger partial charge in [-0.25, -0.2) is 0 Å². The highest BCUT2D eigenvalue weighted by molar-refractivity contribution is 5.70. The average Bonchev–Trinajstić information content (AvgIpc) is 3.22. The molecule has 0 aromatic heterocycles. The highest BCUT2D eigenvalue weighted by Crippen LogP contribution is 2.36. The Balaban J connectivity index is 1.92. The van der Waals surface area contributed by atoms with Gasteiger partial charge in [-0.3, -0.25) is 0 Å². The molecule has 2 aliphatic rings. The lowest BCUT2D eigenvalue weighted by Crippen LogP contribution is -2.17. The molecule has 0 saturated carbocycles. The Morgan fingerprint density at radius 2 is 1.60 bits per heavy atom. The van der Waals surface area contributed by atoms with Gasteiger partial charge in [0.2, 0.25) is 0 Å². The van der Waals surface area contributed by atoms with E-state index < -0.39 is 0 Å². The minimum Gasteiger partial charge on any atom is -0.0720 e. The predicted octanol–water partition coefficient (Wildman–Crippen LogP) is 4.46. The van der Waals surface area contributed by atoms with Crippen LogP contribution >= 0.6 is 0 Å². The van der Waals surface area contributed by atoms with E-state index in [0.717, 1.165) is 0 Å². The van der Waals surface area contributed by atoms with Gasteiger partial charge >= 0.3 is 0 Å². The Hall–Kier alpha value is -2.86. The van der Waals surface area contributed by atoms with Crippen LogP contribution in [0.25, 0.3) is 17.7 Å². The lowest BCUT2D eigenvalue weighted by molar-refractivity contribution is 1.02. The molecule has 0 spiro atoms. The van der Waals surface area contributed by atoms with Crippen molar-refractivity contribution in [3.8, 4) is 0 Å². The molecule has 0 amide bonds. The van der Waals surface area contributed by atoms with Gasteiger partial charge in [-0.05, 0) is 63.1 Å². The molecular formula is C25H20. The summed E-state index contributed by atoms with van der Waals surface area (Å²) in [4.78, 5) is 0. The van der Waals surface area contributed by atoms with Crippen molar-refractivity contribution >= 4 is 17.7 Å². The zero-order valence-corrected chi connectivity index (χ0v) is 14.6. The van der Waals surface area contributed by atoms with Crippen LogP contribution in [0, 0.1) is 10.4 Å². The number of allylic oxidation sites excluding steroid dienone is 1. The van der Waals surface area contributed by atoms with Crippen molar-refractivity contribution in [3.05, 3.63) is 110 Å². The van der Waals surface area contributed by atoms with Crippen LogP contribution in [0.1, 0.15) is 42.0 Å². The molecule has 2 aliphatic carbocycles. The second kappa shape index (κ2) is 5.32. The number of hydrogen-bond donors (Lipinski definition) is 0. The SMILES string of the molecule is CC(C)=c1ccc2c(c1C1C=Cc3ccccc31)C=c1ccccc1=2. The fourth-order valence-electron chi connectivity index (χ4n) is 4.32. The van der Waals surface area contributed by atoms with Crippen LogP contribution in [-0.4, -0.2) is 0 Å². The minimum atomic E-state index is 0.335. The van der Waals surface area contributed by atoms with Gasteiger partial charge in [0.05, 0.1) is 0 Å². The van der Waals surface area contributed by atoms with Gasteiger partial charge in [0, 0.05) is 5.92 Å². The summed E-state index contributed by atoms with van der Waals surface area (Å²) >= 11 is 0. The number of rotatable bonds is 1. The van der Waals surface area contributed by atoms with Gasteiger partial charge < -0.3 is 0 Å². The highest BCUT2D eigenvalue weighted by atomic mass is 14.3. The molecular weight excluding hydrogens is 300 g/mol. The van der Waals surface area contributed by atoms with E-state index in [1.54, 1.807) is 0 Å². The van der Waals surface area contributed by atoms with E-state index in [0.29, 0.717) is 5.92 Å². The number of hydrogen-bond acceptors (Lipinski definition) is 0. The molecule has 25 heavy (non-hydrogen) atoms. The molecule has 0 radical (unpaired) electrons. The van der Waals surface area contributed by atoms with E-state index in [1.165, 1.54) is 48.7 Å². The van der Waals surface area contributed by atoms with Gasteiger partial charge in [0.1, 0.15) is 0 Å². The molecule has 3 aromatic carbocycles. The fraction of sp³-hybridized carbons (Fsp3) is 0.120. The second-order valence-corrected chi connectivity index (χ2v) is 7.19. The van der Waals surface area contributed by atoms with E-state index in [-0.39, 0.29) is 0 Å². The smallest absolute Gasteiger partial charge is 0.0290 e. The summed E-state index contributed by atoms with van der Waals surface area (Å²) in [5.74, 6) is 0.335. The first-order valence-electron chi connectivity index (χ1n) is 8.93. The summed E-state index contributed by atoms with van der Waals surface area (Å²) in [6.45, 7) is 4.44. The molecule has 0 N–H and O–H groups in total. The Morgan fingerprint density at radius 1 is 0.800 bits per heavy atom. The zero-order valence-electron chi connectivity index (χ0n) is 14.6. The first-order valence-corrected chi connectivity index (χ1v) is 8.93. The molecule has 0 aliphatic heterocycles. The Bertz CT molecular complexity index is 1250. The van der Waals surface area contributed by atoms with Crippen molar-refractivity contribution in [1.82, 2.24) is 0 Å². The van der Waals surface area contributed by atoms with Crippen LogP contribution in [0.5, 0.6) is 0 Å². The summed E-state index contributed by atoms with van der Waals surface area (Å²) in [6, 6.07) is 22.1. The first-order chi connectivity index (χ1) is 12.2. The maximum absolute atomic E-state index is 2.38. The van der Waals surface area contributed by atoms with Crippen molar-refractivity contribution in [3.63, 3.8) is 0 Å².